The Balaban J connectivity index is 1.42. The number of nitrogens with zero attached hydrogens (tertiary/aromatic N) is 3. The fourth-order valence-electron chi connectivity index (χ4n) is 3.86. The molecule has 0 amide bonds. The molecule has 0 saturated carbocycles. The van der Waals surface area contributed by atoms with Crippen molar-refractivity contribution in [3.8, 4) is 5.75 Å². The molecule has 2 aromatic heterocycles. The number of pyridine rings is 1. The summed E-state index contributed by atoms with van der Waals surface area (Å²) < 4.78 is 8.16. The molecule has 0 aliphatic rings. The number of H-pyrrole nitrogens is 1. The van der Waals surface area contributed by atoms with Crippen LogP contribution in [0.2, 0.25) is 0 Å². The Morgan fingerprint density at radius 2 is 1.71 bits per heavy atom. The lowest BCUT2D eigenvalue weighted by molar-refractivity contribution is 0.287. The summed E-state index contributed by atoms with van der Waals surface area (Å²) in [7, 11) is 0. The van der Waals surface area contributed by atoms with Gasteiger partial charge in [-0.05, 0) is 35.7 Å². The third kappa shape index (κ3) is 4.89. The fourth-order valence-corrected chi connectivity index (χ4v) is 4.80. The minimum Gasteiger partial charge on any atom is -0.485 e. The number of rotatable bonds is 8. The average molecular weight is 469 g/mol. The molecule has 2 heterocycles. The summed E-state index contributed by atoms with van der Waals surface area (Å²) in [6.45, 7) is 2.98. The molecule has 7 heteroatoms. The second-order valence-electron chi connectivity index (χ2n) is 8.02. The lowest BCUT2D eigenvalue weighted by Gasteiger charge is -2.12. The van der Waals surface area contributed by atoms with E-state index in [1.165, 1.54) is 0 Å². The van der Waals surface area contributed by atoms with Crippen LogP contribution >= 0.6 is 11.8 Å². The van der Waals surface area contributed by atoms with E-state index in [2.05, 4.69) is 31.9 Å². The number of para-hydroxylation sites is 2. The van der Waals surface area contributed by atoms with E-state index in [0.717, 1.165) is 44.3 Å². The summed E-state index contributed by atoms with van der Waals surface area (Å²) in [5, 5.41) is 10.7. The first-order chi connectivity index (χ1) is 16.7. The van der Waals surface area contributed by atoms with Crippen molar-refractivity contribution in [2.45, 2.75) is 31.0 Å². The van der Waals surface area contributed by atoms with Gasteiger partial charge in [-0.2, -0.15) is 0 Å². The van der Waals surface area contributed by atoms with E-state index in [-0.39, 0.29) is 5.56 Å². The zero-order valence-electron chi connectivity index (χ0n) is 18.8. The first-order valence-electron chi connectivity index (χ1n) is 11.1. The van der Waals surface area contributed by atoms with Gasteiger partial charge in [-0.15, -0.1) is 10.2 Å². The van der Waals surface area contributed by atoms with E-state index in [0.29, 0.717) is 18.9 Å². The molecular formula is C27H24N4O2S. The summed E-state index contributed by atoms with van der Waals surface area (Å²) in [6.07, 6.45) is 0. The van der Waals surface area contributed by atoms with Crippen LogP contribution in [-0.4, -0.2) is 19.7 Å². The van der Waals surface area contributed by atoms with E-state index in [1.54, 1.807) is 17.8 Å². The quantitative estimate of drug-likeness (QED) is 0.311. The highest BCUT2D eigenvalue weighted by Gasteiger charge is 2.15. The summed E-state index contributed by atoms with van der Waals surface area (Å²) in [5.41, 5.74) is 3.93. The predicted octanol–water partition coefficient (Wildman–Crippen LogP) is 5.35. The van der Waals surface area contributed by atoms with Gasteiger partial charge in [0.1, 0.15) is 12.4 Å². The molecule has 0 radical (unpaired) electrons. The Hall–Kier alpha value is -3.84. The number of thioether (sulfide) groups is 1. The molecule has 1 N–H and O–H groups in total. The zero-order chi connectivity index (χ0) is 23.3. The molecule has 6 nitrogen and oxygen atoms in total. The molecule has 0 unspecified atom stereocenters. The van der Waals surface area contributed by atoms with Crippen molar-refractivity contribution in [2.75, 3.05) is 0 Å². The van der Waals surface area contributed by atoms with Gasteiger partial charge in [0.2, 0.25) is 5.56 Å². The number of aromatic nitrogens is 4. The Morgan fingerprint density at radius 3 is 2.56 bits per heavy atom. The smallest absolute Gasteiger partial charge is 0.248 e. The monoisotopic (exact) mass is 468 g/mol. The number of hydrogen-bond donors (Lipinski definition) is 1. The lowest BCUT2D eigenvalue weighted by atomic mass is 10.1. The van der Waals surface area contributed by atoms with E-state index >= 15 is 0 Å². The van der Waals surface area contributed by atoms with Crippen LogP contribution in [0.25, 0.3) is 10.9 Å². The second-order valence-corrected chi connectivity index (χ2v) is 8.96. The van der Waals surface area contributed by atoms with Crippen LogP contribution in [0.5, 0.6) is 5.75 Å². The number of nitrogens with one attached hydrogen (secondary N) is 1. The van der Waals surface area contributed by atoms with Crippen LogP contribution in [0, 0.1) is 6.92 Å². The van der Waals surface area contributed by atoms with Crippen LogP contribution in [-0.2, 0) is 18.9 Å². The van der Waals surface area contributed by atoms with Crippen molar-refractivity contribution < 1.29 is 4.74 Å². The summed E-state index contributed by atoms with van der Waals surface area (Å²) in [6, 6.07) is 27.7. The number of aryl methyl sites for hydroxylation is 1. The second kappa shape index (κ2) is 9.97. The van der Waals surface area contributed by atoms with Crippen molar-refractivity contribution in [3.63, 3.8) is 0 Å². The first kappa shape index (κ1) is 22.0. The molecule has 170 valence electrons. The average Bonchev–Trinajstić information content (AvgIpc) is 3.23. The van der Waals surface area contributed by atoms with E-state index in [4.69, 9.17) is 4.74 Å². The molecule has 0 saturated heterocycles. The number of benzene rings is 3. The maximum Gasteiger partial charge on any atom is 0.248 e. The van der Waals surface area contributed by atoms with E-state index in [1.807, 2.05) is 73.7 Å². The predicted molar refractivity (Wildman–Crippen MR) is 135 cm³/mol. The molecule has 0 atom stereocenters. The summed E-state index contributed by atoms with van der Waals surface area (Å²) in [5.74, 6) is 2.20. The first-order valence-corrected chi connectivity index (χ1v) is 12.0. The van der Waals surface area contributed by atoms with E-state index in [9.17, 15) is 4.79 Å². The fraction of sp³-hybridized carbons (Fsp3) is 0.148. The molecule has 5 aromatic rings. The molecule has 3 aromatic carbocycles. The molecule has 0 aliphatic heterocycles. The van der Waals surface area contributed by atoms with Crippen molar-refractivity contribution in [1.82, 2.24) is 19.7 Å². The van der Waals surface area contributed by atoms with Gasteiger partial charge in [-0.1, -0.05) is 78.5 Å². The number of hydrogen-bond acceptors (Lipinski definition) is 5. The topological polar surface area (TPSA) is 72.8 Å². The molecule has 5 rings (SSSR count). The maximum atomic E-state index is 12.2. The van der Waals surface area contributed by atoms with Crippen LogP contribution in [0.3, 0.4) is 0 Å². The van der Waals surface area contributed by atoms with Crippen molar-refractivity contribution >= 4 is 22.7 Å². The number of aromatic amines is 1. The molecule has 0 fully saturated rings. The Labute approximate surface area is 201 Å². The lowest BCUT2D eigenvalue weighted by Crippen LogP contribution is -2.10. The third-order valence-electron chi connectivity index (χ3n) is 5.62. The standard InChI is InChI=1S/C27H24N4O2S/c1-19-9-5-8-14-24(19)33-17-25-29-30-27(31(25)16-20-10-3-2-4-11-20)34-18-21-15-26(32)28-23-13-7-6-12-22(21)23/h2-15H,16-18H2,1H3,(H,28,32). The normalized spacial score (nSPS) is 11.1. The SMILES string of the molecule is Cc1ccccc1OCc1nnc(SCc2cc(=O)[nH]c3ccccc23)n1Cc1ccccc1. The van der Waals surface area contributed by atoms with Crippen molar-refractivity contribution in [3.05, 3.63) is 118 Å². The van der Waals surface area contributed by atoms with Crippen LogP contribution in [0.1, 0.15) is 22.5 Å². The van der Waals surface area contributed by atoms with Crippen molar-refractivity contribution in [1.29, 1.82) is 0 Å². The van der Waals surface area contributed by atoms with Crippen LogP contribution < -0.4 is 10.3 Å². The van der Waals surface area contributed by atoms with Crippen molar-refractivity contribution in [2.24, 2.45) is 0 Å². The van der Waals surface area contributed by atoms with Gasteiger partial charge in [0.05, 0.1) is 6.54 Å². The minimum absolute atomic E-state index is 0.104. The highest BCUT2D eigenvalue weighted by atomic mass is 32.2. The maximum absolute atomic E-state index is 12.2. The molecular weight excluding hydrogens is 444 g/mol. The molecule has 0 aliphatic carbocycles. The Bertz CT molecular complexity index is 1480. The van der Waals surface area contributed by atoms with Gasteiger partial charge in [-0.25, -0.2) is 0 Å². The minimum atomic E-state index is -0.104. The zero-order valence-corrected chi connectivity index (χ0v) is 19.6. The van der Waals surface area contributed by atoms with Gasteiger partial charge in [0, 0.05) is 22.7 Å². The summed E-state index contributed by atoms with van der Waals surface area (Å²) >= 11 is 1.57. The summed E-state index contributed by atoms with van der Waals surface area (Å²) in [4.78, 5) is 15.1. The third-order valence-corrected chi connectivity index (χ3v) is 6.64. The van der Waals surface area contributed by atoms with Crippen LogP contribution in [0.15, 0.2) is 94.9 Å². The molecule has 0 bridgehead atoms. The Morgan fingerprint density at radius 1 is 0.941 bits per heavy atom. The van der Waals surface area contributed by atoms with Gasteiger partial charge < -0.3 is 9.72 Å². The highest BCUT2D eigenvalue weighted by molar-refractivity contribution is 7.98. The van der Waals surface area contributed by atoms with Crippen LogP contribution in [0.4, 0.5) is 0 Å². The van der Waals surface area contributed by atoms with Gasteiger partial charge in [0.15, 0.2) is 11.0 Å². The molecule has 34 heavy (non-hydrogen) atoms. The molecule has 0 spiro atoms. The number of ether oxygens (including phenoxy) is 1. The Kier molecular flexibility index (Phi) is 6.44. The number of fused-ring (bicyclic) bond motifs is 1. The highest BCUT2D eigenvalue weighted by Crippen LogP contribution is 2.27. The largest absolute Gasteiger partial charge is 0.485 e. The van der Waals surface area contributed by atoms with Gasteiger partial charge in [-0.3, -0.25) is 9.36 Å². The van der Waals surface area contributed by atoms with Gasteiger partial charge in [0.25, 0.3) is 0 Å². The van der Waals surface area contributed by atoms with E-state index < -0.39 is 0 Å². The van der Waals surface area contributed by atoms with Gasteiger partial charge >= 0.3 is 0 Å².